The Balaban J connectivity index is 1.89. The molecule has 1 aromatic heterocycles. The fourth-order valence-corrected chi connectivity index (χ4v) is 2.81. The first-order chi connectivity index (χ1) is 11.1. The van der Waals surface area contributed by atoms with E-state index in [-0.39, 0.29) is 25.3 Å². The second kappa shape index (κ2) is 8.67. The van der Waals surface area contributed by atoms with Gasteiger partial charge in [-0.2, -0.15) is 11.3 Å². The molecule has 2 amide bonds. The Kier molecular flexibility index (Phi) is 6.58. The number of ether oxygens (including phenoxy) is 1. The number of carbonyl (C=O) groups is 1. The maximum absolute atomic E-state index is 12.0. The zero-order chi connectivity index (χ0) is 16.7. The molecule has 5 nitrogen and oxygen atoms in total. The van der Waals surface area contributed by atoms with Crippen molar-refractivity contribution in [2.75, 3.05) is 25.1 Å². The van der Waals surface area contributed by atoms with Gasteiger partial charge in [0, 0.05) is 12.2 Å². The minimum Gasteiger partial charge on any atom is -0.394 e. The van der Waals surface area contributed by atoms with Crippen LogP contribution in [0.5, 0.6) is 0 Å². The number of hydrogen-bond donors (Lipinski definition) is 3. The van der Waals surface area contributed by atoms with E-state index in [1.807, 2.05) is 48.9 Å². The van der Waals surface area contributed by atoms with Crippen molar-refractivity contribution >= 4 is 23.1 Å². The zero-order valence-corrected chi connectivity index (χ0v) is 14.2. The van der Waals surface area contributed by atoms with Crippen LogP contribution in [-0.2, 0) is 4.74 Å². The Morgan fingerprint density at radius 3 is 2.78 bits per heavy atom. The lowest BCUT2D eigenvalue weighted by atomic mass is 10.1. The molecule has 124 valence electrons. The maximum atomic E-state index is 12.0. The van der Waals surface area contributed by atoms with Crippen LogP contribution in [0.4, 0.5) is 10.5 Å². The lowest BCUT2D eigenvalue weighted by Gasteiger charge is -2.17. The predicted octanol–water partition coefficient (Wildman–Crippen LogP) is 3.24. The third-order valence-electron chi connectivity index (χ3n) is 3.54. The van der Waals surface area contributed by atoms with Gasteiger partial charge in [-0.3, -0.25) is 0 Å². The van der Waals surface area contributed by atoms with E-state index in [1.165, 1.54) is 5.56 Å². The molecule has 0 aliphatic carbocycles. The Morgan fingerprint density at radius 2 is 2.13 bits per heavy atom. The Bertz CT molecular complexity index is 629. The van der Waals surface area contributed by atoms with E-state index in [1.54, 1.807) is 11.3 Å². The predicted molar refractivity (Wildman–Crippen MR) is 93.0 cm³/mol. The molecule has 1 unspecified atom stereocenters. The molecule has 0 bridgehead atoms. The molecule has 0 radical (unpaired) electrons. The van der Waals surface area contributed by atoms with Crippen molar-refractivity contribution in [3.8, 4) is 0 Å². The van der Waals surface area contributed by atoms with Gasteiger partial charge in [0.1, 0.15) is 6.10 Å². The molecule has 0 saturated heterocycles. The van der Waals surface area contributed by atoms with Gasteiger partial charge in [-0.25, -0.2) is 4.79 Å². The highest BCUT2D eigenvalue weighted by atomic mass is 32.1. The highest BCUT2D eigenvalue weighted by Gasteiger charge is 2.14. The minimum atomic E-state index is -0.277. The Hall–Kier alpha value is -1.89. The van der Waals surface area contributed by atoms with E-state index >= 15 is 0 Å². The van der Waals surface area contributed by atoms with Crippen LogP contribution >= 0.6 is 11.3 Å². The second-order valence-electron chi connectivity index (χ2n) is 5.27. The van der Waals surface area contributed by atoms with Crippen LogP contribution in [0.1, 0.15) is 22.8 Å². The summed E-state index contributed by atoms with van der Waals surface area (Å²) in [5.74, 6) is 0. The number of thiophene rings is 1. The topological polar surface area (TPSA) is 70.6 Å². The van der Waals surface area contributed by atoms with Crippen LogP contribution in [0.3, 0.4) is 0 Å². The molecule has 0 aliphatic heterocycles. The molecule has 1 heterocycles. The van der Waals surface area contributed by atoms with Gasteiger partial charge in [0.05, 0.1) is 13.2 Å². The van der Waals surface area contributed by atoms with Crippen LogP contribution in [0, 0.1) is 13.8 Å². The van der Waals surface area contributed by atoms with Crippen molar-refractivity contribution in [2.45, 2.75) is 20.0 Å². The van der Waals surface area contributed by atoms with Crippen LogP contribution < -0.4 is 10.6 Å². The summed E-state index contributed by atoms with van der Waals surface area (Å²) < 4.78 is 5.59. The van der Waals surface area contributed by atoms with Crippen molar-refractivity contribution in [1.82, 2.24) is 5.32 Å². The molecular weight excluding hydrogens is 312 g/mol. The van der Waals surface area contributed by atoms with E-state index in [0.29, 0.717) is 6.54 Å². The number of aliphatic hydroxyl groups excluding tert-OH is 1. The largest absolute Gasteiger partial charge is 0.394 e. The summed E-state index contributed by atoms with van der Waals surface area (Å²) in [6.45, 7) is 4.57. The Morgan fingerprint density at radius 1 is 1.30 bits per heavy atom. The fourth-order valence-electron chi connectivity index (χ4n) is 2.11. The molecular formula is C17H22N2O3S. The van der Waals surface area contributed by atoms with Crippen molar-refractivity contribution in [2.24, 2.45) is 0 Å². The molecule has 0 fully saturated rings. The third kappa shape index (κ3) is 5.35. The number of anilines is 1. The lowest BCUT2D eigenvalue weighted by Crippen LogP contribution is -2.33. The number of aliphatic hydroxyl groups is 1. The number of urea groups is 1. The van der Waals surface area contributed by atoms with Gasteiger partial charge in [0.25, 0.3) is 0 Å². The minimum absolute atomic E-state index is 0.0462. The van der Waals surface area contributed by atoms with E-state index in [2.05, 4.69) is 10.6 Å². The summed E-state index contributed by atoms with van der Waals surface area (Å²) in [6, 6.07) is 7.47. The highest BCUT2D eigenvalue weighted by molar-refractivity contribution is 7.07. The summed E-state index contributed by atoms with van der Waals surface area (Å²) >= 11 is 1.57. The normalized spacial score (nSPS) is 12.0. The summed E-state index contributed by atoms with van der Waals surface area (Å²) in [6.07, 6.45) is -0.265. The van der Waals surface area contributed by atoms with Crippen molar-refractivity contribution < 1.29 is 14.6 Å². The van der Waals surface area contributed by atoms with Crippen LogP contribution in [0.15, 0.2) is 35.0 Å². The summed E-state index contributed by atoms with van der Waals surface area (Å²) in [5, 5.41) is 18.5. The number of nitrogens with one attached hydrogen (secondary N) is 2. The second-order valence-corrected chi connectivity index (χ2v) is 6.05. The first-order valence-electron chi connectivity index (χ1n) is 7.47. The van der Waals surface area contributed by atoms with Gasteiger partial charge in [0.15, 0.2) is 0 Å². The fraction of sp³-hybridized carbons (Fsp3) is 0.353. The first-order valence-corrected chi connectivity index (χ1v) is 8.41. The van der Waals surface area contributed by atoms with E-state index < -0.39 is 0 Å². The Labute approximate surface area is 140 Å². The molecule has 23 heavy (non-hydrogen) atoms. The molecule has 0 aliphatic rings. The van der Waals surface area contributed by atoms with E-state index in [0.717, 1.165) is 16.8 Å². The molecule has 0 spiro atoms. The van der Waals surface area contributed by atoms with Gasteiger partial charge in [-0.1, -0.05) is 6.07 Å². The molecule has 2 rings (SSSR count). The third-order valence-corrected chi connectivity index (χ3v) is 4.24. The summed E-state index contributed by atoms with van der Waals surface area (Å²) in [7, 11) is 0. The number of benzene rings is 1. The standard InChI is InChI=1S/C17H22N2O3S/c1-12-3-4-15(9-13(12)2)19-17(21)18-10-16(22-7-6-20)14-5-8-23-11-14/h3-5,8-9,11,16,20H,6-7,10H2,1-2H3,(H2,18,19,21). The molecule has 2 aromatic rings. The van der Waals surface area contributed by atoms with Gasteiger partial charge in [0.2, 0.25) is 0 Å². The quantitative estimate of drug-likeness (QED) is 0.728. The van der Waals surface area contributed by atoms with Crippen LogP contribution in [0.25, 0.3) is 0 Å². The number of amides is 2. The zero-order valence-electron chi connectivity index (χ0n) is 13.3. The van der Waals surface area contributed by atoms with Gasteiger partial charge in [-0.05, 0) is 59.5 Å². The smallest absolute Gasteiger partial charge is 0.319 e. The first kappa shape index (κ1) is 17.5. The molecule has 0 saturated carbocycles. The monoisotopic (exact) mass is 334 g/mol. The number of rotatable bonds is 7. The van der Waals surface area contributed by atoms with Crippen molar-refractivity contribution in [3.63, 3.8) is 0 Å². The molecule has 3 N–H and O–H groups in total. The molecule has 1 atom stereocenters. The lowest BCUT2D eigenvalue weighted by molar-refractivity contribution is 0.0299. The average molecular weight is 334 g/mol. The number of aryl methyl sites for hydroxylation is 2. The SMILES string of the molecule is Cc1ccc(NC(=O)NCC(OCCO)c2ccsc2)cc1C. The summed E-state index contributed by atoms with van der Waals surface area (Å²) in [5.41, 5.74) is 4.07. The molecule has 1 aromatic carbocycles. The van der Waals surface area contributed by atoms with Gasteiger partial charge >= 0.3 is 6.03 Å². The van der Waals surface area contributed by atoms with Crippen LogP contribution in [0.2, 0.25) is 0 Å². The van der Waals surface area contributed by atoms with Gasteiger partial charge < -0.3 is 20.5 Å². The van der Waals surface area contributed by atoms with E-state index in [9.17, 15) is 4.79 Å². The van der Waals surface area contributed by atoms with Crippen molar-refractivity contribution in [1.29, 1.82) is 0 Å². The number of carbonyl (C=O) groups excluding carboxylic acids is 1. The van der Waals surface area contributed by atoms with Crippen molar-refractivity contribution in [3.05, 3.63) is 51.7 Å². The van der Waals surface area contributed by atoms with E-state index in [4.69, 9.17) is 9.84 Å². The maximum Gasteiger partial charge on any atom is 0.319 e. The molecule has 6 heteroatoms. The van der Waals surface area contributed by atoms with Crippen LogP contribution in [-0.4, -0.2) is 30.9 Å². The van der Waals surface area contributed by atoms with Gasteiger partial charge in [-0.15, -0.1) is 0 Å². The average Bonchev–Trinajstić information content (AvgIpc) is 3.05. The number of hydrogen-bond acceptors (Lipinski definition) is 4. The highest BCUT2D eigenvalue weighted by Crippen LogP contribution is 2.19. The summed E-state index contributed by atoms with van der Waals surface area (Å²) in [4.78, 5) is 12.0.